The summed E-state index contributed by atoms with van der Waals surface area (Å²) in [5.41, 5.74) is 7.09. The molecule has 0 aliphatic rings. The first kappa shape index (κ1) is 15.6. The lowest BCUT2D eigenvalue weighted by Gasteiger charge is -2.20. The van der Waals surface area contributed by atoms with Gasteiger partial charge in [-0.15, -0.1) is 0 Å². The number of nitrogen functional groups attached to an aromatic ring is 1. The zero-order chi connectivity index (χ0) is 14.6. The zero-order valence-corrected chi connectivity index (χ0v) is 12.5. The normalized spacial score (nSPS) is 12.3. The molecule has 1 aromatic carbocycles. The summed E-state index contributed by atoms with van der Waals surface area (Å²) in [6.07, 6.45) is 0.974. The second-order valence-electron chi connectivity index (χ2n) is 5.09. The van der Waals surface area contributed by atoms with Crippen LogP contribution >= 0.6 is 11.6 Å². The standard InChI is InChI=1S/C14H21ClN2O2/c1-8(2)5-9(3)17-13-11(14(18)19-4)6-10(16)7-12(13)15/h6-9,17H,5,16H2,1-4H3. The number of hydrogen-bond donors (Lipinski definition) is 2. The lowest BCUT2D eigenvalue weighted by Crippen LogP contribution is -2.20. The van der Waals surface area contributed by atoms with Crippen molar-refractivity contribution in [1.82, 2.24) is 0 Å². The number of carbonyl (C=O) groups excluding carboxylic acids is 1. The molecule has 0 saturated carbocycles. The first-order chi connectivity index (χ1) is 8.85. The summed E-state index contributed by atoms with van der Waals surface area (Å²) in [7, 11) is 1.33. The predicted molar refractivity (Wildman–Crippen MR) is 79.7 cm³/mol. The number of halogens is 1. The molecule has 106 valence electrons. The van der Waals surface area contributed by atoms with Crippen molar-refractivity contribution >= 4 is 28.9 Å². The van der Waals surface area contributed by atoms with Crippen molar-refractivity contribution in [2.45, 2.75) is 33.2 Å². The Morgan fingerprint density at radius 2 is 2.05 bits per heavy atom. The van der Waals surface area contributed by atoms with Crippen molar-refractivity contribution in [3.63, 3.8) is 0 Å². The number of anilines is 2. The summed E-state index contributed by atoms with van der Waals surface area (Å²) in [6.45, 7) is 6.34. The fourth-order valence-corrected chi connectivity index (χ4v) is 2.34. The highest BCUT2D eigenvalue weighted by Crippen LogP contribution is 2.31. The Labute approximate surface area is 119 Å². The van der Waals surface area contributed by atoms with Crippen LogP contribution in [0.2, 0.25) is 5.02 Å². The summed E-state index contributed by atoms with van der Waals surface area (Å²) in [5, 5.41) is 3.69. The number of benzene rings is 1. The van der Waals surface area contributed by atoms with E-state index in [9.17, 15) is 4.79 Å². The Bertz CT molecular complexity index is 461. The first-order valence-electron chi connectivity index (χ1n) is 6.29. The first-order valence-corrected chi connectivity index (χ1v) is 6.66. The molecular weight excluding hydrogens is 264 g/mol. The van der Waals surface area contributed by atoms with Gasteiger partial charge in [0.2, 0.25) is 0 Å². The maximum atomic E-state index is 11.8. The topological polar surface area (TPSA) is 64.3 Å². The van der Waals surface area contributed by atoms with Gasteiger partial charge in [-0.3, -0.25) is 0 Å². The van der Waals surface area contributed by atoms with Crippen molar-refractivity contribution in [3.05, 3.63) is 22.7 Å². The third kappa shape index (κ3) is 4.31. The van der Waals surface area contributed by atoms with Gasteiger partial charge in [-0.2, -0.15) is 0 Å². The van der Waals surface area contributed by atoms with Crippen LogP contribution < -0.4 is 11.1 Å². The average Bonchev–Trinajstić information content (AvgIpc) is 2.30. The fraction of sp³-hybridized carbons (Fsp3) is 0.500. The summed E-state index contributed by atoms with van der Waals surface area (Å²) in [5.74, 6) is 0.102. The number of methoxy groups -OCH3 is 1. The van der Waals surface area contributed by atoms with Crippen molar-refractivity contribution in [2.24, 2.45) is 5.92 Å². The molecule has 0 heterocycles. The number of rotatable bonds is 5. The van der Waals surface area contributed by atoms with E-state index in [0.717, 1.165) is 6.42 Å². The molecule has 0 radical (unpaired) electrons. The van der Waals surface area contributed by atoms with Gasteiger partial charge in [0.15, 0.2) is 0 Å². The van der Waals surface area contributed by atoms with Crippen molar-refractivity contribution in [2.75, 3.05) is 18.2 Å². The van der Waals surface area contributed by atoms with Gasteiger partial charge >= 0.3 is 5.97 Å². The van der Waals surface area contributed by atoms with Gasteiger partial charge in [0.05, 0.1) is 23.4 Å². The highest BCUT2D eigenvalue weighted by Gasteiger charge is 2.18. The molecule has 5 heteroatoms. The van der Waals surface area contributed by atoms with E-state index in [1.165, 1.54) is 7.11 Å². The Morgan fingerprint density at radius 3 is 2.58 bits per heavy atom. The largest absolute Gasteiger partial charge is 0.465 e. The molecule has 0 aliphatic carbocycles. The number of carbonyl (C=O) groups is 1. The minimum Gasteiger partial charge on any atom is -0.465 e. The second kappa shape index (κ2) is 6.66. The summed E-state index contributed by atoms with van der Waals surface area (Å²) < 4.78 is 4.76. The monoisotopic (exact) mass is 284 g/mol. The van der Waals surface area contributed by atoms with Gasteiger partial charge in [-0.1, -0.05) is 25.4 Å². The van der Waals surface area contributed by atoms with Crippen LogP contribution in [0.3, 0.4) is 0 Å². The van der Waals surface area contributed by atoms with Crippen LogP contribution in [0.5, 0.6) is 0 Å². The van der Waals surface area contributed by atoms with Gasteiger partial charge in [-0.05, 0) is 31.4 Å². The van der Waals surface area contributed by atoms with Gasteiger partial charge in [0.25, 0.3) is 0 Å². The molecule has 1 unspecified atom stereocenters. The highest BCUT2D eigenvalue weighted by molar-refractivity contribution is 6.34. The lowest BCUT2D eigenvalue weighted by atomic mass is 10.0. The zero-order valence-electron chi connectivity index (χ0n) is 11.8. The van der Waals surface area contributed by atoms with Crippen LogP contribution in [-0.2, 0) is 4.74 Å². The van der Waals surface area contributed by atoms with Crippen LogP contribution in [0.25, 0.3) is 0 Å². The summed E-state index contributed by atoms with van der Waals surface area (Å²) in [6, 6.07) is 3.39. The third-order valence-electron chi connectivity index (χ3n) is 2.73. The Kier molecular flexibility index (Phi) is 5.48. The molecule has 1 rings (SSSR count). The van der Waals surface area contributed by atoms with Crippen molar-refractivity contribution in [3.8, 4) is 0 Å². The molecule has 0 saturated heterocycles. The molecule has 0 aliphatic heterocycles. The van der Waals surface area contributed by atoms with Gasteiger partial charge in [-0.25, -0.2) is 4.79 Å². The average molecular weight is 285 g/mol. The number of nitrogens with two attached hydrogens (primary N) is 1. The molecule has 0 aromatic heterocycles. The van der Waals surface area contributed by atoms with Crippen molar-refractivity contribution < 1.29 is 9.53 Å². The molecule has 4 nitrogen and oxygen atoms in total. The minimum atomic E-state index is -0.451. The molecule has 3 N–H and O–H groups in total. The highest BCUT2D eigenvalue weighted by atomic mass is 35.5. The van der Waals surface area contributed by atoms with E-state index >= 15 is 0 Å². The van der Waals surface area contributed by atoms with E-state index in [1.807, 2.05) is 6.92 Å². The van der Waals surface area contributed by atoms with Gasteiger partial charge in [0.1, 0.15) is 0 Å². The summed E-state index contributed by atoms with van der Waals surface area (Å²) in [4.78, 5) is 11.8. The second-order valence-corrected chi connectivity index (χ2v) is 5.50. The van der Waals surface area contributed by atoms with Crippen LogP contribution in [0.1, 0.15) is 37.6 Å². The van der Waals surface area contributed by atoms with E-state index in [0.29, 0.717) is 27.9 Å². The minimum absolute atomic E-state index is 0.199. The van der Waals surface area contributed by atoms with Crippen LogP contribution in [-0.4, -0.2) is 19.1 Å². The number of nitrogens with one attached hydrogen (secondary N) is 1. The quantitative estimate of drug-likeness (QED) is 0.641. The molecular formula is C14H21ClN2O2. The van der Waals surface area contributed by atoms with Crippen LogP contribution in [0.4, 0.5) is 11.4 Å². The van der Waals surface area contributed by atoms with Crippen LogP contribution in [0, 0.1) is 5.92 Å². The lowest BCUT2D eigenvalue weighted by molar-refractivity contribution is 0.0602. The molecule has 1 atom stereocenters. The Balaban J connectivity index is 3.07. The van der Waals surface area contributed by atoms with E-state index < -0.39 is 5.97 Å². The predicted octanol–water partition coefficient (Wildman–Crippen LogP) is 3.56. The maximum absolute atomic E-state index is 11.8. The van der Waals surface area contributed by atoms with E-state index in [4.69, 9.17) is 22.1 Å². The Hall–Kier alpha value is -1.42. The number of ether oxygens (including phenoxy) is 1. The SMILES string of the molecule is COC(=O)c1cc(N)cc(Cl)c1NC(C)CC(C)C. The Morgan fingerprint density at radius 1 is 1.42 bits per heavy atom. The molecule has 0 spiro atoms. The maximum Gasteiger partial charge on any atom is 0.340 e. The molecule has 0 amide bonds. The number of esters is 1. The summed E-state index contributed by atoms with van der Waals surface area (Å²) >= 11 is 6.17. The molecule has 0 fully saturated rings. The van der Waals surface area contributed by atoms with Gasteiger partial charge < -0.3 is 15.8 Å². The van der Waals surface area contributed by atoms with Crippen LogP contribution in [0.15, 0.2) is 12.1 Å². The fourth-order valence-electron chi connectivity index (χ4n) is 2.06. The van der Waals surface area contributed by atoms with Gasteiger partial charge in [0, 0.05) is 11.7 Å². The molecule has 19 heavy (non-hydrogen) atoms. The van der Waals surface area contributed by atoms with E-state index in [-0.39, 0.29) is 6.04 Å². The van der Waals surface area contributed by atoms with E-state index in [1.54, 1.807) is 12.1 Å². The molecule has 0 bridgehead atoms. The third-order valence-corrected chi connectivity index (χ3v) is 3.03. The van der Waals surface area contributed by atoms with E-state index in [2.05, 4.69) is 19.2 Å². The number of hydrogen-bond acceptors (Lipinski definition) is 4. The van der Waals surface area contributed by atoms with Crippen molar-refractivity contribution in [1.29, 1.82) is 0 Å². The smallest absolute Gasteiger partial charge is 0.340 e. The molecule has 1 aromatic rings.